The number of nitrogens with zero attached hydrogens (tertiary/aromatic N) is 4. The first-order valence-corrected chi connectivity index (χ1v) is 11.0. The molecule has 11 heteroatoms. The number of nitro benzene ring substituents is 1. The molecule has 0 fully saturated rings. The van der Waals surface area contributed by atoms with Crippen molar-refractivity contribution in [3.05, 3.63) is 74.5 Å². The average Bonchev–Trinajstić information content (AvgIpc) is 3.43. The van der Waals surface area contributed by atoms with Crippen molar-refractivity contribution < 1.29 is 24.7 Å². The van der Waals surface area contributed by atoms with Crippen molar-refractivity contribution in [2.75, 3.05) is 7.05 Å². The number of benzene rings is 2. The number of carboxylic acid groups (broad SMARTS) is 1. The van der Waals surface area contributed by atoms with Crippen LogP contribution >= 0.6 is 0 Å². The van der Waals surface area contributed by atoms with Gasteiger partial charge in [0.2, 0.25) is 0 Å². The Morgan fingerprint density at radius 3 is 2.47 bits per heavy atom. The van der Waals surface area contributed by atoms with E-state index in [1.54, 1.807) is 18.7 Å². The van der Waals surface area contributed by atoms with Crippen LogP contribution in [0.3, 0.4) is 0 Å². The Hall–Kier alpha value is -4.54. The van der Waals surface area contributed by atoms with Crippen LogP contribution < -0.4 is 5.43 Å². The van der Waals surface area contributed by atoms with Crippen LogP contribution in [0.4, 0.5) is 5.69 Å². The number of aromatic hydroxyl groups is 1. The van der Waals surface area contributed by atoms with Crippen LogP contribution in [0.1, 0.15) is 46.1 Å². The fourth-order valence-electron chi connectivity index (χ4n) is 3.99. The number of fused-ring (bicyclic) bond motifs is 1. The molecule has 190 valence electrons. The minimum atomic E-state index is -1.29. The minimum absolute atomic E-state index is 0.187. The normalized spacial score (nSPS) is 11.9. The van der Waals surface area contributed by atoms with Gasteiger partial charge in [-0.2, -0.15) is 10.2 Å². The lowest BCUT2D eigenvalue weighted by Gasteiger charge is -2.06. The lowest BCUT2D eigenvalue weighted by molar-refractivity contribution is -0.385. The number of carbonyl (C=O) groups is 2. The topological polar surface area (TPSA) is 160 Å². The van der Waals surface area contributed by atoms with Crippen LogP contribution in [0.2, 0.25) is 0 Å². The number of hydrazone groups is 1. The molecule has 0 radical (unpaired) electrons. The van der Waals surface area contributed by atoms with E-state index >= 15 is 0 Å². The molecule has 0 atom stereocenters. The number of aromatic carboxylic acids is 1. The molecule has 0 aliphatic heterocycles. The second kappa shape index (κ2) is 12.2. The van der Waals surface area contributed by atoms with Gasteiger partial charge in [0.1, 0.15) is 18.0 Å². The van der Waals surface area contributed by atoms with Gasteiger partial charge in [-0.1, -0.05) is 18.2 Å². The number of nitro groups is 1. The van der Waals surface area contributed by atoms with Crippen LogP contribution in [0.15, 0.2) is 41.5 Å². The van der Waals surface area contributed by atoms with E-state index in [0.29, 0.717) is 17.0 Å². The Kier molecular flexibility index (Phi) is 9.42. The molecule has 1 aliphatic carbocycles. The SMILES string of the molecule is C=O.CN/N=C(\C)c1nn(C)c(-c2ccc3c(c2)CCC3)c1O.Cc1ccc(C(=O)O)c([N+](=O)[O-])c1. The van der Waals surface area contributed by atoms with E-state index < -0.39 is 10.9 Å². The van der Waals surface area contributed by atoms with E-state index in [0.717, 1.165) is 24.1 Å². The maximum absolute atomic E-state index is 10.5. The summed E-state index contributed by atoms with van der Waals surface area (Å²) in [6, 6.07) is 10.4. The lowest BCUT2D eigenvalue weighted by Crippen LogP contribution is -2.04. The Balaban J connectivity index is 0.000000262. The van der Waals surface area contributed by atoms with Gasteiger partial charge in [0.05, 0.1) is 10.6 Å². The zero-order valence-corrected chi connectivity index (χ0v) is 20.6. The van der Waals surface area contributed by atoms with E-state index in [1.165, 1.54) is 35.7 Å². The van der Waals surface area contributed by atoms with E-state index in [-0.39, 0.29) is 17.0 Å². The zero-order chi connectivity index (χ0) is 27.0. The second-order valence-electron chi connectivity index (χ2n) is 8.01. The summed E-state index contributed by atoms with van der Waals surface area (Å²) in [6.07, 6.45) is 3.50. The lowest BCUT2D eigenvalue weighted by atomic mass is 10.0. The molecule has 1 heterocycles. The van der Waals surface area contributed by atoms with Gasteiger partial charge in [0.25, 0.3) is 5.69 Å². The van der Waals surface area contributed by atoms with E-state index in [1.807, 2.05) is 20.8 Å². The predicted molar refractivity (Wildman–Crippen MR) is 136 cm³/mol. The van der Waals surface area contributed by atoms with Gasteiger partial charge in [-0.3, -0.25) is 14.8 Å². The van der Waals surface area contributed by atoms with Crippen molar-refractivity contribution in [2.24, 2.45) is 12.1 Å². The monoisotopic (exact) mass is 495 g/mol. The van der Waals surface area contributed by atoms with Crippen molar-refractivity contribution in [3.63, 3.8) is 0 Å². The number of hydrogen-bond donors (Lipinski definition) is 3. The summed E-state index contributed by atoms with van der Waals surface area (Å²) in [6.45, 7) is 5.49. The largest absolute Gasteiger partial charge is 0.504 e. The summed E-state index contributed by atoms with van der Waals surface area (Å²) in [7, 11) is 3.57. The molecule has 11 nitrogen and oxygen atoms in total. The van der Waals surface area contributed by atoms with Crippen LogP contribution in [-0.2, 0) is 24.7 Å². The minimum Gasteiger partial charge on any atom is -0.504 e. The molecule has 0 saturated heterocycles. The smallest absolute Gasteiger partial charge is 0.342 e. The van der Waals surface area contributed by atoms with Gasteiger partial charge in [-0.25, -0.2) is 4.79 Å². The van der Waals surface area contributed by atoms with Crippen molar-refractivity contribution >= 4 is 24.2 Å². The fraction of sp³-hybridized carbons (Fsp3) is 0.280. The molecule has 2 aromatic carbocycles. The molecule has 4 rings (SSSR count). The fourth-order valence-corrected chi connectivity index (χ4v) is 3.99. The van der Waals surface area contributed by atoms with E-state index in [9.17, 15) is 20.0 Å². The molecular weight excluding hydrogens is 466 g/mol. The standard InChI is InChI=1S/C16H20N4O.C8H7NO4.CH2O/c1-10(18-17-2)14-16(21)15(20(3)19-14)13-8-7-11-5-4-6-12(11)9-13;1-5-2-3-6(8(10)11)7(4-5)9(12)13;1-2/h7-9,17,21H,4-6H2,1-3H3;2-4H,1H3,(H,10,11);1H2/b18-10+;;. The third-order valence-corrected chi connectivity index (χ3v) is 5.60. The maximum Gasteiger partial charge on any atom is 0.342 e. The van der Waals surface area contributed by atoms with E-state index in [2.05, 4.69) is 33.8 Å². The van der Waals surface area contributed by atoms with Gasteiger partial charge < -0.3 is 20.4 Å². The van der Waals surface area contributed by atoms with Crippen LogP contribution in [-0.4, -0.2) is 50.4 Å². The number of carboxylic acids is 1. The Morgan fingerprint density at radius 1 is 1.19 bits per heavy atom. The third-order valence-electron chi connectivity index (χ3n) is 5.60. The van der Waals surface area contributed by atoms with Gasteiger partial charge in [0, 0.05) is 25.7 Å². The molecule has 3 N–H and O–H groups in total. The summed E-state index contributed by atoms with van der Waals surface area (Å²) < 4.78 is 1.72. The molecule has 36 heavy (non-hydrogen) atoms. The quantitative estimate of drug-likeness (QED) is 0.275. The highest BCUT2D eigenvalue weighted by molar-refractivity contribution is 6.01. The highest BCUT2D eigenvalue weighted by Crippen LogP contribution is 2.34. The van der Waals surface area contributed by atoms with Crippen molar-refractivity contribution in [2.45, 2.75) is 33.1 Å². The number of aryl methyl sites for hydroxylation is 4. The van der Waals surface area contributed by atoms with Gasteiger partial charge >= 0.3 is 5.97 Å². The first-order valence-electron chi connectivity index (χ1n) is 11.0. The molecule has 0 spiro atoms. The summed E-state index contributed by atoms with van der Waals surface area (Å²) in [5.41, 5.74) is 8.47. The summed E-state index contributed by atoms with van der Waals surface area (Å²) in [5.74, 6) is -1.10. The van der Waals surface area contributed by atoms with Crippen LogP contribution in [0.5, 0.6) is 5.75 Å². The molecule has 0 saturated carbocycles. The van der Waals surface area contributed by atoms with Crippen LogP contribution in [0.25, 0.3) is 11.3 Å². The van der Waals surface area contributed by atoms with Gasteiger partial charge in [-0.15, -0.1) is 0 Å². The summed E-state index contributed by atoms with van der Waals surface area (Å²) in [5, 5.41) is 38.0. The van der Waals surface area contributed by atoms with Crippen LogP contribution in [0, 0.1) is 17.0 Å². The molecule has 0 amide bonds. The second-order valence-corrected chi connectivity index (χ2v) is 8.01. The first kappa shape index (κ1) is 27.7. The number of carbonyl (C=O) groups excluding carboxylic acids is 1. The first-order chi connectivity index (χ1) is 17.1. The Labute approximate surface area is 208 Å². The van der Waals surface area contributed by atoms with Gasteiger partial charge in [-0.05, 0) is 61.9 Å². The number of hydrogen-bond acceptors (Lipinski definition) is 8. The highest BCUT2D eigenvalue weighted by Gasteiger charge is 2.21. The van der Waals surface area contributed by atoms with Crippen molar-refractivity contribution in [1.29, 1.82) is 0 Å². The summed E-state index contributed by atoms with van der Waals surface area (Å²) in [4.78, 5) is 28.3. The average molecular weight is 496 g/mol. The Bertz CT molecular complexity index is 1300. The maximum atomic E-state index is 10.5. The highest BCUT2D eigenvalue weighted by atomic mass is 16.6. The zero-order valence-electron chi connectivity index (χ0n) is 20.6. The predicted octanol–water partition coefficient (Wildman–Crippen LogP) is 3.64. The van der Waals surface area contributed by atoms with Crippen molar-refractivity contribution in [3.8, 4) is 17.0 Å². The molecule has 1 aromatic heterocycles. The molecule has 0 unspecified atom stereocenters. The molecule has 1 aliphatic rings. The third kappa shape index (κ3) is 6.12. The number of rotatable bonds is 5. The summed E-state index contributed by atoms with van der Waals surface area (Å²) >= 11 is 0. The van der Waals surface area contributed by atoms with E-state index in [4.69, 9.17) is 9.90 Å². The van der Waals surface area contributed by atoms with Crippen molar-refractivity contribution in [1.82, 2.24) is 15.2 Å². The molecule has 0 bridgehead atoms. The Morgan fingerprint density at radius 2 is 1.86 bits per heavy atom. The number of aromatic nitrogens is 2. The van der Waals surface area contributed by atoms with Gasteiger partial charge in [0.15, 0.2) is 11.4 Å². The molecule has 3 aromatic rings. The molecular formula is C25H29N5O6. The number of nitrogens with one attached hydrogen (secondary N) is 1.